The summed E-state index contributed by atoms with van der Waals surface area (Å²) in [5.41, 5.74) is 2.83. The molecule has 0 spiro atoms. The summed E-state index contributed by atoms with van der Waals surface area (Å²) >= 11 is 1.85. The van der Waals surface area contributed by atoms with Gasteiger partial charge in [-0.05, 0) is 36.3 Å². The number of hydrogen-bond donors (Lipinski definition) is 1. The zero-order valence-electron chi connectivity index (χ0n) is 13.3. The predicted octanol–water partition coefficient (Wildman–Crippen LogP) is 4.20. The van der Waals surface area contributed by atoms with Crippen LogP contribution in [0.5, 0.6) is 0 Å². The van der Waals surface area contributed by atoms with Gasteiger partial charge in [-0.15, -0.1) is 0 Å². The molecule has 1 aliphatic rings. The van der Waals surface area contributed by atoms with E-state index in [2.05, 4.69) is 43.4 Å². The second-order valence-corrected chi connectivity index (χ2v) is 6.61. The van der Waals surface area contributed by atoms with Crippen molar-refractivity contribution < 1.29 is 4.74 Å². The molecule has 0 aliphatic carbocycles. The molecule has 1 aromatic carbocycles. The summed E-state index contributed by atoms with van der Waals surface area (Å²) in [4.78, 5) is 4.78. The number of para-hydroxylation sites is 1. The largest absolute Gasteiger partial charge is 0.384 e. The van der Waals surface area contributed by atoms with Crippen LogP contribution in [-0.2, 0) is 11.2 Å². The lowest BCUT2D eigenvalue weighted by Gasteiger charge is -2.33. The molecule has 116 valence electrons. The minimum absolute atomic E-state index is 0.394. The van der Waals surface area contributed by atoms with Gasteiger partial charge in [0.05, 0.1) is 6.61 Å². The Morgan fingerprint density at radius 2 is 2.05 bits per heavy atom. The Bertz CT molecular complexity index is 483. The fourth-order valence-electron chi connectivity index (χ4n) is 2.49. The van der Waals surface area contributed by atoms with Crippen LogP contribution in [0.15, 0.2) is 29.3 Å². The molecule has 21 heavy (non-hydrogen) atoms. The standard InChI is InChI=1S/C17H26N2OS/c1-4-17(5-2)12-18-16(21-13-17)19-15-9-7-6-8-14(15)10-11-20-3/h6-9H,4-5,10-13H2,1-3H3,(H,18,19). The Kier molecular flexibility index (Phi) is 6.12. The van der Waals surface area contributed by atoms with Crippen LogP contribution >= 0.6 is 11.8 Å². The molecule has 4 heteroatoms. The van der Waals surface area contributed by atoms with Crippen molar-refractivity contribution in [2.24, 2.45) is 10.4 Å². The predicted molar refractivity (Wildman–Crippen MR) is 93.4 cm³/mol. The Balaban J connectivity index is 2.04. The van der Waals surface area contributed by atoms with E-state index in [4.69, 9.17) is 9.73 Å². The smallest absolute Gasteiger partial charge is 0.161 e. The Morgan fingerprint density at radius 3 is 2.67 bits per heavy atom. The van der Waals surface area contributed by atoms with Crippen molar-refractivity contribution in [1.82, 2.24) is 0 Å². The van der Waals surface area contributed by atoms with E-state index in [0.29, 0.717) is 5.41 Å². The summed E-state index contributed by atoms with van der Waals surface area (Å²) in [6, 6.07) is 8.41. The average molecular weight is 306 g/mol. The van der Waals surface area contributed by atoms with Crippen molar-refractivity contribution in [1.29, 1.82) is 0 Å². The van der Waals surface area contributed by atoms with Crippen LogP contribution in [0.3, 0.4) is 0 Å². The first-order valence-corrected chi connectivity index (χ1v) is 8.72. The number of nitrogens with one attached hydrogen (secondary N) is 1. The SMILES string of the molecule is CCC1(CC)CN=C(Nc2ccccc2CCOC)SC1. The van der Waals surface area contributed by atoms with Crippen LogP contribution in [0, 0.1) is 5.41 Å². The third-order valence-corrected chi connectivity index (χ3v) is 5.67. The zero-order chi connectivity index (χ0) is 15.1. The topological polar surface area (TPSA) is 33.6 Å². The molecule has 0 saturated heterocycles. The first-order valence-electron chi connectivity index (χ1n) is 7.74. The maximum Gasteiger partial charge on any atom is 0.161 e. The molecular weight excluding hydrogens is 280 g/mol. The van der Waals surface area contributed by atoms with Gasteiger partial charge in [-0.1, -0.05) is 43.8 Å². The van der Waals surface area contributed by atoms with Crippen molar-refractivity contribution in [3.8, 4) is 0 Å². The zero-order valence-corrected chi connectivity index (χ0v) is 14.1. The molecular formula is C17H26N2OS. The van der Waals surface area contributed by atoms with Gasteiger partial charge in [0.2, 0.25) is 0 Å². The molecule has 1 aromatic rings. The first-order chi connectivity index (χ1) is 10.2. The number of thioether (sulfide) groups is 1. The van der Waals surface area contributed by atoms with Gasteiger partial charge in [-0.25, -0.2) is 0 Å². The molecule has 0 fully saturated rings. The van der Waals surface area contributed by atoms with E-state index in [9.17, 15) is 0 Å². The number of nitrogens with zero attached hydrogens (tertiary/aromatic N) is 1. The molecule has 0 unspecified atom stereocenters. The summed E-state index contributed by atoms with van der Waals surface area (Å²) < 4.78 is 5.18. The fraction of sp³-hybridized carbons (Fsp3) is 0.588. The minimum atomic E-state index is 0.394. The average Bonchev–Trinajstić information content (AvgIpc) is 2.55. The number of benzene rings is 1. The van der Waals surface area contributed by atoms with Gasteiger partial charge in [0.15, 0.2) is 5.17 Å². The van der Waals surface area contributed by atoms with Gasteiger partial charge in [-0.2, -0.15) is 0 Å². The van der Waals surface area contributed by atoms with Crippen molar-refractivity contribution >= 4 is 22.6 Å². The number of anilines is 1. The molecule has 0 amide bonds. The highest BCUT2D eigenvalue weighted by atomic mass is 32.2. The highest BCUT2D eigenvalue weighted by Gasteiger charge is 2.30. The first kappa shape index (κ1) is 16.4. The summed E-state index contributed by atoms with van der Waals surface area (Å²) in [5, 5.41) is 4.55. The van der Waals surface area contributed by atoms with Crippen LogP contribution in [0.2, 0.25) is 0 Å². The van der Waals surface area contributed by atoms with Gasteiger partial charge in [0.1, 0.15) is 0 Å². The third-order valence-electron chi connectivity index (χ3n) is 4.41. The Labute approximate surface area is 132 Å². The molecule has 3 nitrogen and oxygen atoms in total. The second kappa shape index (κ2) is 7.85. The fourth-order valence-corrected chi connectivity index (χ4v) is 3.77. The van der Waals surface area contributed by atoms with Gasteiger partial charge >= 0.3 is 0 Å². The number of methoxy groups -OCH3 is 1. The van der Waals surface area contributed by atoms with E-state index in [1.165, 1.54) is 18.4 Å². The summed E-state index contributed by atoms with van der Waals surface area (Å²) in [5.74, 6) is 1.16. The van der Waals surface area contributed by atoms with Gasteiger partial charge in [0.25, 0.3) is 0 Å². The molecule has 0 saturated carbocycles. The van der Waals surface area contributed by atoms with E-state index >= 15 is 0 Å². The van der Waals surface area contributed by atoms with E-state index in [0.717, 1.165) is 36.2 Å². The third kappa shape index (κ3) is 4.24. The van der Waals surface area contributed by atoms with Crippen LogP contribution in [0.25, 0.3) is 0 Å². The van der Waals surface area contributed by atoms with E-state index < -0.39 is 0 Å². The molecule has 1 N–H and O–H groups in total. The van der Waals surface area contributed by atoms with Crippen molar-refractivity contribution in [3.05, 3.63) is 29.8 Å². The van der Waals surface area contributed by atoms with E-state index in [-0.39, 0.29) is 0 Å². The molecule has 2 rings (SSSR count). The minimum Gasteiger partial charge on any atom is -0.384 e. The number of aliphatic imine (C=N–C) groups is 1. The highest BCUT2D eigenvalue weighted by Crippen LogP contribution is 2.35. The lowest BCUT2D eigenvalue weighted by atomic mass is 9.84. The molecule has 1 heterocycles. The van der Waals surface area contributed by atoms with Gasteiger partial charge < -0.3 is 10.1 Å². The molecule has 0 radical (unpaired) electrons. The highest BCUT2D eigenvalue weighted by molar-refractivity contribution is 8.14. The normalized spacial score (nSPS) is 17.4. The van der Waals surface area contributed by atoms with E-state index in [1.807, 2.05) is 11.8 Å². The number of ether oxygens (including phenoxy) is 1. The molecule has 0 atom stereocenters. The van der Waals surface area contributed by atoms with Crippen LogP contribution in [-0.4, -0.2) is 31.2 Å². The van der Waals surface area contributed by atoms with Gasteiger partial charge in [0, 0.05) is 25.1 Å². The summed E-state index contributed by atoms with van der Waals surface area (Å²) in [6.45, 7) is 6.23. The molecule has 0 aromatic heterocycles. The summed E-state index contributed by atoms with van der Waals surface area (Å²) in [7, 11) is 1.74. The Morgan fingerprint density at radius 1 is 1.29 bits per heavy atom. The summed E-state index contributed by atoms with van der Waals surface area (Å²) in [6.07, 6.45) is 3.33. The molecule has 1 aliphatic heterocycles. The monoisotopic (exact) mass is 306 g/mol. The maximum atomic E-state index is 5.18. The van der Waals surface area contributed by atoms with Crippen molar-refractivity contribution in [2.75, 3.05) is 31.3 Å². The van der Waals surface area contributed by atoms with Crippen molar-refractivity contribution in [2.45, 2.75) is 33.1 Å². The number of amidine groups is 1. The van der Waals surface area contributed by atoms with Crippen LogP contribution < -0.4 is 5.32 Å². The van der Waals surface area contributed by atoms with Crippen molar-refractivity contribution in [3.63, 3.8) is 0 Å². The molecule has 0 bridgehead atoms. The second-order valence-electron chi connectivity index (χ2n) is 5.64. The lowest BCUT2D eigenvalue weighted by molar-refractivity contribution is 0.202. The lowest BCUT2D eigenvalue weighted by Crippen LogP contribution is -2.32. The number of rotatable bonds is 6. The van der Waals surface area contributed by atoms with Crippen LogP contribution in [0.1, 0.15) is 32.3 Å². The van der Waals surface area contributed by atoms with Gasteiger partial charge in [-0.3, -0.25) is 4.99 Å². The quantitative estimate of drug-likeness (QED) is 0.855. The Hall–Kier alpha value is -1.00. The number of hydrogen-bond acceptors (Lipinski definition) is 4. The van der Waals surface area contributed by atoms with E-state index in [1.54, 1.807) is 7.11 Å². The maximum absolute atomic E-state index is 5.18. The van der Waals surface area contributed by atoms with Crippen LogP contribution in [0.4, 0.5) is 5.69 Å².